The Bertz CT molecular complexity index is 959. The number of carbonyl (C=O) groups is 1. The molecule has 1 fully saturated rings. The van der Waals surface area contributed by atoms with Gasteiger partial charge in [-0.05, 0) is 51.4 Å². The zero-order chi connectivity index (χ0) is 19.5. The average molecular weight is 415 g/mol. The summed E-state index contributed by atoms with van der Waals surface area (Å²) in [5, 5.41) is 15.5. The van der Waals surface area contributed by atoms with Crippen LogP contribution in [-0.4, -0.2) is 38.6 Å². The molecule has 0 radical (unpaired) electrons. The van der Waals surface area contributed by atoms with Gasteiger partial charge in [-0.1, -0.05) is 18.2 Å². The van der Waals surface area contributed by atoms with Gasteiger partial charge in [0, 0.05) is 30.5 Å². The van der Waals surface area contributed by atoms with Gasteiger partial charge in [0.2, 0.25) is 0 Å². The number of hydrogen-bond acceptors (Lipinski definition) is 4. The highest BCUT2D eigenvalue weighted by Gasteiger charge is 2.19. The lowest BCUT2D eigenvalue weighted by Gasteiger charge is -2.22. The number of aryl methyl sites for hydroxylation is 1. The Morgan fingerprint density at radius 3 is 2.72 bits per heavy atom. The van der Waals surface area contributed by atoms with Gasteiger partial charge in [-0.3, -0.25) is 9.48 Å². The average Bonchev–Trinajstić information content (AvgIpc) is 3.33. The maximum Gasteiger partial charge on any atom is 0.272 e. The van der Waals surface area contributed by atoms with Crippen molar-refractivity contribution in [3.05, 3.63) is 65.2 Å². The zero-order valence-corrected chi connectivity index (χ0v) is 17.6. The summed E-state index contributed by atoms with van der Waals surface area (Å²) in [6.07, 6.45) is 4.12. The third kappa shape index (κ3) is 4.52. The first-order valence-corrected chi connectivity index (χ1v) is 9.78. The summed E-state index contributed by atoms with van der Waals surface area (Å²) in [5.41, 5.74) is 4.45. The molecule has 7 nitrogen and oxygen atoms in total. The molecule has 1 amide bonds. The molecule has 1 atom stereocenters. The quantitative estimate of drug-likeness (QED) is 0.673. The van der Waals surface area contributed by atoms with E-state index in [4.69, 9.17) is 0 Å². The number of piperidine rings is 1. The third-order valence-corrected chi connectivity index (χ3v) is 5.35. The van der Waals surface area contributed by atoms with Gasteiger partial charge in [-0.15, -0.1) is 12.4 Å². The van der Waals surface area contributed by atoms with E-state index in [2.05, 4.69) is 20.8 Å². The standard InChI is InChI=1S/C21H26N6O.ClH/c1-15-19(16(2)27(24-15)17-7-4-3-5-8-17)14-23-21(28)20-10-12-26(25-20)18-9-6-11-22-13-18;/h3-5,7-8,10,12,18,22H,6,9,11,13-14H2,1-2H3,(H,23,28);1H. The monoisotopic (exact) mass is 414 g/mol. The summed E-state index contributed by atoms with van der Waals surface area (Å²) in [6, 6.07) is 12.1. The molecule has 1 unspecified atom stereocenters. The normalized spacial score (nSPS) is 16.3. The predicted molar refractivity (Wildman–Crippen MR) is 115 cm³/mol. The first-order chi connectivity index (χ1) is 13.6. The molecule has 1 aliphatic rings. The number of rotatable bonds is 5. The SMILES string of the molecule is Cc1nn(-c2ccccc2)c(C)c1CNC(=O)c1ccn(C2CCCNC2)n1.Cl. The van der Waals surface area contributed by atoms with Crippen LogP contribution in [-0.2, 0) is 6.54 Å². The number of nitrogens with zero attached hydrogens (tertiary/aromatic N) is 4. The number of aromatic nitrogens is 4. The maximum atomic E-state index is 12.6. The van der Waals surface area contributed by atoms with Crippen molar-refractivity contribution in [1.82, 2.24) is 30.2 Å². The minimum atomic E-state index is -0.159. The van der Waals surface area contributed by atoms with E-state index in [1.807, 2.05) is 59.7 Å². The van der Waals surface area contributed by atoms with Crippen LogP contribution in [0.5, 0.6) is 0 Å². The van der Waals surface area contributed by atoms with Crippen LogP contribution in [0.25, 0.3) is 5.69 Å². The fourth-order valence-corrected chi connectivity index (χ4v) is 3.73. The van der Waals surface area contributed by atoms with Crippen molar-refractivity contribution in [1.29, 1.82) is 0 Å². The first-order valence-electron chi connectivity index (χ1n) is 9.78. The predicted octanol–water partition coefficient (Wildman–Crippen LogP) is 2.96. The molecule has 0 aliphatic carbocycles. The van der Waals surface area contributed by atoms with Crippen LogP contribution in [0, 0.1) is 13.8 Å². The number of carbonyl (C=O) groups excluding carboxylic acids is 1. The minimum Gasteiger partial charge on any atom is -0.346 e. The molecule has 8 heteroatoms. The molecular weight excluding hydrogens is 388 g/mol. The zero-order valence-electron chi connectivity index (χ0n) is 16.8. The molecule has 1 saturated heterocycles. The first kappa shape index (κ1) is 21.1. The van der Waals surface area contributed by atoms with E-state index in [1.54, 1.807) is 6.07 Å². The summed E-state index contributed by atoms with van der Waals surface area (Å²) in [5.74, 6) is -0.159. The van der Waals surface area contributed by atoms with Crippen LogP contribution in [0.3, 0.4) is 0 Å². The second-order valence-corrected chi connectivity index (χ2v) is 7.26. The lowest BCUT2D eigenvalue weighted by atomic mass is 10.1. The fraction of sp³-hybridized carbons (Fsp3) is 0.381. The second kappa shape index (κ2) is 9.24. The summed E-state index contributed by atoms with van der Waals surface area (Å²) < 4.78 is 3.83. The fourth-order valence-electron chi connectivity index (χ4n) is 3.73. The Kier molecular flexibility index (Phi) is 6.71. The Hall–Kier alpha value is -2.64. The molecule has 2 aromatic heterocycles. The number of nitrogens with one attached hydrogen (secondary N) is 2. The van der Waals surface area contributed by atoms with Crippen molar-refractivity contribution in [3.8, 4) is 5.69 Å². The smallest absolute Gasteiger partial charge is 0.272 e. The molecule has 2 N–H and O–H groups in total. The van der Waals surface area contributed by atoms with Gasteiger partial charge in [-0.2, -0.15) is 10.2 Å². The Morgan fingerprint density at radius 1 is 1.21 bits per heavy atom. The second-order valence-electron chi connectivity index (χ2n) is 7.26. The van der Waals surface area contributed by atoms with E-state index in [1.165, 1.54) is 0 Å². The number of benzene rings is 1. The van der Waals surface area contributed by atoms with E-state index in [9.17, 15) is 4.79 Å². The Balaban J connectivity index is 0.00000240. The van der Waals surface area contributed by atoms with Crippen LogP contribution in [0.15, 0.2) is 42.6 Å². The van der Waals surface area contributed by atoms with E-state index in [0.717, 1.165) is 48.6 Å². The van der Waals surface area contributed by atoms with Crippen molar-refractivity contribution >= 4 is 18.3 Å². The molecule has 3 aromatic rings. The molecule has 1 aliphatic heterocycles. The molecule has 29 heavy (non-hydrogen) atoms. The van der Waals surface area contributed by atoms with Gasteiger partial charge in [0.05, 0.1) is 17.4 Å². The summed E-state index contributed by atoms with van der Waals surface area (Å²) >= 11 is 0. The lowest BCUT2D eigenvalue weighted by molar-refractivity contribution is 0.0944. The molecular formula is C21H27ClN6O. The Morgan fingerprint density at radius 2 is 2.00 bits per heavy atom. The third-order valence-electron chi connectivity index (χ3n) is 5.35. The van der Waals surface area contributed by atoms with Gasteiger partial charge in [0.15, 0.2) is 0 Å². The number of halogens is 1. The number of amides is 1. The molecule has 0 spiro atoms. The number of hydrogen-bond donors (Lipinski definition) is 2. The maximum absolute atomic E-state index is 12.6. The van der Waals surface area contributed by atoms with Crippen molar-refractivity contribution in [3.63, 3.8) is 0 Å². The van der Waals surface area contributed by atoms with Crippen LogP contribution in [0.4, 0.5) is 0 Å². The van der Waals surface area contributed by atoms with Crippen molar-refractivity contribution in [2.45, 2.75) is 39.3 Å². The van der Waals surface area contributed by atoms with Crippen LogP contribution < -0.4 is 10.6 Å². The minimum absolute atomic E-state index is 0. The van der Waals surface area contributed by atoms with Gasteiger partial charge in [0.1, 0.15) is 5.69 Å². The molecule has 1 aromatic carbocycles. The van der Waals surface area contributed by atoms with Crippen LogP contribution >= 0.6 is 12.4 Å². The summed E-state index contributed by atoms with van der Waals surface area (Å²) in [7, 11) is 0. The molecule has 0 bridgehead atoms. The summed E-state index contributed by atoms with van der Waals surface area (Å²) in [6.45, 7) is 6.39. The van der Waals surface area contributed by atoms with E-state index in [-0.39, 0.29) is 18.3 Å². The largest absolute Gasteiger partial charge is 0.346 e. The van der Waals surface area contributed by atoms with Crippen LogP contribution in [0.2, 0.25) is 0 Å². The van der Waals surface area contributed by atoms with Crippen molar-refractivity contribution in [2.24, 2.45) is 0 Å². The van der Waals surface area contributed by atoms with E-state index in [0.29, 0.717) is 18.3 Å². The Labute approximate surface area is 176 Å². The highest BCUT2D eigenvalue weighted by Crippen LogP contribution is 2.18. The van der Waals surface area contributed by atoms with Crippen LogP contribution in [0.1, 0.15) is 46.3 Å². The summed E-state index contributed by atoms with van der Waals surface area (Å²) in [4.78, 5) is 12.6. The highest BCUT2D eigenvalue weighted by atomic mass is 35.5. The van der Waals surface area contributed by atoms with Crippen molar-refractivity contribution in [2.75, 3.05) is 13.1 Å². The lowest BCUT2D eigenvalue weighted by Crippen LogP contribution is -2.32. The number of para-hydroxylation sites is 1. The van der Waals surface area contributed by atoms with Crippen molar-refractivity contribution < 1.29 is 4.79 Å². The van der Waals surface area contributed by atoms with Gasteiger partial charge in [-0.25, -0.2) is 4.68 Å². The topological polar surface area (TPSA) is 76.8 Å². The molecule has 154 valence electrons. The molecule has 3 heterocycles. The van der Waals surface area contributed by atoms with E-state index < -0.39 is 0 Å². The van der Waals surface area contributed by atoms with Gasteiger partial charge in [0.25, 0.3) is 5.91 Å². The molecule has 4 rings (SSSR count). The van der Waals surface area contributed by atoms with Gasteiger partial charge < -0.3 is 10.6 Å². The van der Waals surface area contributed by atoms with E-state index >= 15 is 0 Å². The highest BCUT2D eigenvalue weighted by molar-refractivity contribution is 5.92. The van der Waals surface area contributed by atoms with Gasteiger partial charge >= 0.3 is 0 Å². The molecule has 0 saturated carbocycles.